The lowest BCUT2D eigenvalue weighted by atomic mass is 9.78. The number of piperidine rings is 1. The molecule has 2 aromatic carbocycles. The Morgan fingerprint density at radius 1 is 0.857 bits per heavy atom. The number of carbonyl (C=O) groups is 1. The third-order valence-corrected chi connectivity index (χ3v) is 4.83. The first-order chi connectivity index (χ1) is 10.4. The summed E-state index contributed by atoms with van der Waals surface area (Å²) in [6, 6.07) is 19.0. The average molecular weight is 277 g/mol. The summed E-state index contributed by atoms with van der Waals surface area (Å²) in [6.45, 7) is 0.904. The summed E-state index contributed by atoms with van der Waals surface area (Å²) in [5.74, 6) is 0.154. The number of fused-ring (bicyclic) bond motifs is 3. The van der Waals surface area contributed by atoms with Crippen LogP contribution in [0, 0.1) is 0 Å². The van der Waals surface area contributed by atoms with Crippen molar-refractivity contribution in [3.8, 4) is 0 Å². The molecule has 2 aliphatic rings. The van der Waals surface area contributed by atoms with Crippen molar-refractivity contribution in [2.75, 3.05) is 6.54 Å². The molecule has 0 saturated carbocycles. The third kappa shape index (κ3) is 1.98. The van der Waals surface area contributed by atoms with Gasteiger partial charge in [-0.05, 0) is 36.0 Å². The standard InChI is InChI=1S/C19H19NO/c21-19-18(14-8-2-1-3-9-14)16-11-5-4-10-15(16)17-12-6-7-13-20(17)19/h1-5,8-11,17-18H,6-7,12-13H2/t17-,18-/m1/s1. The predicted octanol–water partition coefficient (Wildman–Crippen LogP) is 3.89. The van der Waals surface area contributed by atoms with Crippen molar-refractivity contribution in [1.82, 2.24) is 4.90 Å². The van der Waals surface area contributed by atoms with E-state index in [1.807, 2.05) is 18.2 Å². The van der Waals surface area contributed by atoms with Gasteiger partial charge in [0.15, 0.2) is 0 Å². The molecular weight excluding hydrogens is 258 g/mol. The van der Waals surface area contributed by atoms with Crippen molar-refractivity contribution in [3.05, 3.63) is 71.3 Å². The van der Waals surface area contributed by atoms with Gasteiger partial charge in [0.05, 0.1) is 12.0 Å². The van der Waals surface area contributed by atoms with E-state index >= 15 is 0 Å². The number of rotatable bonds is 1. The van der Waals surface area contributed by atoms with Crippen molar-refractivity contribution >= 4 is 5.91 Å². The van der Waals surface area contributed by atoms with Crippen molar-refractivity contribution in [1.29, 1.82) is 0 Å². The fourth-order valence-corrected chi connectivity index (χ4v) is 3.86. The Morgan fingerprint density at radius 2 is 1.57 bits per heavy atom. The number of carbonyl (C=O) groups excluding carboxylic acids is 1. The van der Waals surface area contributed by atoms with Gasteiger partial charge < -0.3 is 4.90 Å². The van der Waals surface area contributed by atoms with E-state index < -0.39 is 0 Å². The zero-order valence-electron chi connectivity index (χ0n) is 12.0. The number of hydrogen-bond donors (Lipinski definition) is 0. The smallest absolute Gasteiger partial charge is 0.235 e. The van der Waals surface area contributed by atoms with E-state index in [4.69, 9.17) is 0 Å². The molecule has 2 aliphatic heterocycles. The third-order valence-electron chi connectivity index (χ3n) is 4.83. The van der Waals surface area contributed by atoms with Crippen LogP contribution in [0.4, 0.5) is 0 Å². The maximum absolute atomic E-state index is 13.0. The first-order valence-corrected chi connectivity index (χ1v) is 7.80. The molecule has 2 nitrogen and oxygen atoms in total. The molecule has 21 heavy (non-hydrogen) atoms. The highest BCUT2D eigenvalue weighted by Gasteiger charge is 2.40. The molecule has 2 atom stereocenters. The van der Waals surface area contributed by atoms with Crippen LogP contribution in [0.25, 0.3) is 0 Å². The average Bonchev–Trinajstić information content (AvgIpc) is 2.56. The second kappa shape index (κ2) is 5.03. The van der Waals surface area contributed by atoms with Crippen LogP contribution in [0.1, 0.15) is 47.9 Å². The van der Waals surface area contributed by atoms with Gasteiger partial charge in [0.1, 0.15) is 0 Å². The van der Waals surface area contributed by atoms with E-state index in [1.54, 1.807) is 0 Å². The van der Waals surface area contributed by atoms with E-state index in [0.717, 1.165) is 24.9 Å². The van der Waals surface area contributed by atoms with E-state index in [-0.39, 0.29) is 11.8 Å². The Morgan fingerprint density at radius 3 is 2.38 bits per heavy atom. The Labute approximate surface area is 125 Å². The number of nitrogens with zero attached hydrogens (tertiary/aromatic N) is 1. The number of benzene rings is 2. The Balaban J connectivity index is 1.88. The number of hydrogen-bond acceptors (Lipinski definition) is 1. The zero-order valence-corrected chi connectivity index (χ0v) is 12.0. The van der Waals surface area contributed by atoms with Crippen molar-refractivity contribution < 1.29 is 4.79 Å². The highest BCUT2D eigenvalue weighted by molar-refractivity contribution is 5.90. The van der Waals surface area contributed by atoms with Crippen LogP contribution >= 0.6 is 0 Å². The fraction of sp³-hybridized carbons (Fsp3) is 0.316. The van der Waals surface area contributed by atoms with Gasteiger partial charge in [0.25, 0.3) is 0 Å². The molecule has 2 heterocycles. The van der Waals surface area contributed by atoms with E-state index in [2.05, 4.69) is 41.3 Å². The molecule has 1 fully saturated rings. The van der Waals surface area contributed by atoms with Crippen LogP contribution in [0.2, 0.25) is 0 Å². The summed E-state index contributed by atoms with van der Waals surface area (Å²) < 4.78 is 0. The minimum atomic E-state index is -0.128. The molecule has 0 unspecified atom stereocenters. The highest BCUT2D eigenvalue weighted by Crippen LogP contribution is 2.43. The van der Waals surface area contributed by atoms with Crippen LogP contribution in [-0.2, 0) is 4.79 Å². The topological polar surface area (TPSA) is 20.3 Å². The molecule has 106 valence electrons. The van der Waals surface area contributed by atoms with Crippen LogP contribution in [0.3, 0.4) is 0 Å². The molecule has 1 amide bonds. The quantitative estimate of drug-likeness (QED) is 0.774. The largest absolute Gasteiger partial charge is 0.335 e. The van der Waals surface area contributed by atoms with Crippen LogP contribution in [0.5, 0.6) is 0 Å². The normalized spacial score (nSPS) is 24.4. The second-order valence-corrected chi connectivity index (χ2v) is 6.02. The maximum atomic E-state index is 13.0. The molecule has 0 N–H and O–H groups in total. The lowest BCUT2D eigenvalue weighted by Crippen LogP contribution is -2.45. The van der Waals surface area contributed by atoms with Gasteiger partial charge in [-0.15, -0.1) is 0 Å². The molecule has 0 spiro atoms. The summed E-state index contributed by atoms with van der Waals surface area (Å²) in [6.07, 6.45) is 3.45. The van der Waals surface area contributed by atoms with Gasteiger partial charge in [0, 0.05) is 6.54 Å². The van der Waals surface area contributed by atoms with E-state index in [9.17, 15) is 4.79 Å². The van der Waals surface area contributed by atoms with Gasteiger partial charge in [-0.25, -0.2) is 0 Å². The Bertz CT molecular complexity index is 664. The molecule has 2 aromatic rings. The summed E-state index contributed by atoms with van der Waals surface area (Å²) in [7, 11) is 0. The van der Waals surface area contributed by atoms with Crippen molar-refractivity contribution in [3.63, 3.8) is 0 Å². The van der Waals surface area contributed by atoms with Gasteiger partial charge in [-0.2, -0.15) is 0 Å². The van der Waals surface area contributed by atoms with Crippen LogP contribution in [0.15, 0.2) is 54.6 Å². The monoisotopic (exact) mass is 277 g/mol. The van der Waals surface area contributed by atoms with Crippen molar-refractivity contribution in [2.24, 2.45) is 0 Å². The highest BCUT2D eigenvalue weighted by atomic mass is 16.2. The summed E-state index contributed by atoms with van der Waals surface area (Å²) in [5.41, 5.74) is 3.67. The zero-order chi connectivity index (χ0) is 14.2. The van der Waals surface area contributed by atoms with Gasteiger partial charge in [-0.3, -0.25) is 4.79 Å². The first kappa shape index (κ1) is 12.6. The summed E-state index contributed by atoms with van der Waals surface area (Å²) in [4.78, 5) is 15.2. The molecule has 0 bridgehead atoms. The van der Waals surface area contributed by atoms with Crippen LogP contribution in [-0.4, -0.2) is 17.4 Å². The van der Waals surface area contributed by atoms with E-state index in [0.29, 0.717) is 6.04 Å². The molecule has 1 saturated heterocycles. The van der Waals surface area contributed by atoms with Crippen LogP contribution < -0.4 is 0 Å². The molecule has 0 aliphatic carbocycles. The molecular formula is C19H19NO. The van der Waals surface area contributed by atoms with Gasteiger partial charge in [-0.1, -0.05) is 54.6 Å². The SMILES string of the molecule is O=C1[C@H](c2ccccc2)c2ccccc2[C@H]2CCCCN12. The lowest BCUT2D eigenvalue weighted by Gasteiger charge is -2.43. The number of amides is 1. The van der Waals surface area contributed by atoms with Gasteiger partial charge >= 0.3 is 0 Å². The Hall–Kier alpha value is -2.09. The minimum Gasteiger partial charge on any atom is -0.335 e. The second-order valence-electron chi connectivity index (χ2n) is 6.02. The molecule has 2 heteroatoms. The summed E-state index contributed by atoms with van der Waals surface area (Å²) in [5, 5.41) is 0. The lowest BCUT2D eigenvalue weighted by molar-refractivity contribution is -0.137. The molecule has 0 radical (unpaired) electrons. The summed E-state index contributed by atoms with van der Waals surface area (Å²) >= 11 is 0. The molecule has 4 rings (SSSR count). The first-order valence-electron chi connectivity index (χ1n) is 7.80. The minimum absolute atomic E-state index is 0.128. The van der Waals surface area contributed by atoms with Crippen molar-refractivity contribution in [2.45, 2.75) is 31.2 Å². The molecule has 0 aromatic heterocycles. The van der Waals surface area contributed by atoms with Gasteiger partial charge in [0.2, 0.25) is 5.91 Å². The maximum Gasteiger partial charge on any atom is 0.235 e. The fourth-order valence-electron chi connectivity index (χ4n) is 3.86. The van der Waals surface area contributed by atoms with E-state index in [1.165, 1.54) is 17.5 Å². The predicted molar refractivity (Wildman–Crippen MR) is 83.0 cm³/mol. The Kier molecular flexibility index (Phi) is 3.03.